The van der Waals surface area contributed by atoms with Crippen LogP contribution in [-0.2, 0) is 13.0 Å². The molecule has 2 rings (SSSR count). The summed E-state index contributed by atoms with van der Waals surface area (Å²) in [6, 6.07) is 10.9. The van der Waals surface area contributed by atoms with Gasteiger partial charge in [-0.15, -0.1) is 0 Å². The second-order valence-electron chi connectivity index (χ2n) is 4.93. The SMILES string of the molecule is CCNC(Cc1ccccc1Br)c1cc(C)nn1CC. The van der Waals surface area contributed by atoms with Crippen LogP contribution in [0, 0.1) is 6.92 Å². The Morgan fingerprint density at radius 1 is 1.30 bits per heavy atom. The molecule has 1 N–H and O–H groups in total. The van der Waals surface area contributed by atoms with Crippen LogP contribution in [0.2, 0.25) is 0 Å². The molecule has 0 aliphatic heterocycles. The molecule has 1 atom stereocenters. The van der Waals surface area contributed by atoms with Gasteiger partial charge in [-0.3, -0.25) is 4.68 Å². The summed E-state index contributed by atoms with van der Waals surface area (Å²) in [5, 5.41) is 8.14. The highest BCUT2D eigenvalue weighted by Crippen LogP contribution is 2.24. The lowest BCUT2D eigenvalue weighted by Crippen LogP contribution is -2.25. The Morgan fingerprint density at radius 3 is 2.70 bits per heavy atom. The number of benzene rings is 1. The molecule has 4 heteroatoms. The van der Waals surface area contributed by atoms with E-state index in [1.165, 1.54) is 15.7 Å². The second kappa shape index (κ2) is 7.04. The molecule has 0 fully saturated rings. The first-order valence-corrected chi connectivity index (χ1v) is 7.96. The first-order chi connectivity index (χ1) is 9.65. The van der Waals surface area contributed by atoms with Gasteiger partial charge in [0.15, 0.2) is 0 Å². The maximum atomic E-state index is 4.56. The van der Waals surface area contributed by atoms with E-state index in [0.717, 1.165) is 25.2 Å². The van der Waals surface area contributed by atoms with Crippen molar-refractivity contribution in [2.24, 2.45) is 0 Å². The van der Waals surface area contributed by atoms with Crippen LogP contribution in [0.25, 0.3) is 0 Å². The third-order valence-corrected chi connectivity index (χ3v) is 4.20. The average Bonchev–Trinajstić information content (AvgIpc) is 2.82. The van der Waals surface area contributed by atoms with Crippen LogP contribution in [0.4, 0.5) is 0 Å². The van der Waals surface area contributed by atoms with Crippen molar-refractivity contribution >= 4 is 15.9 Å². The minimum Gasteiger partial charge on any atom is -0.309 e. The first-order valence-electron chi connectivity index (χ1n) is 7.16. The molecule has 0 saturated heterocycles. The number of halogens is 1. The van der Waals surface area contributed by atoms with Gasteiger partial charge in [-0.1, -0.05) is 41.1 Å². The Hall–Kier alpha value is -1.13. The maximum Gasteiger partial charge on any atom is 0.0597 e. The highest BCUT2D eigenvalue weighted by molar-refractivity contribution is 9.10. The number of rotatable bonds is 6. The van der Waals surface area contributed by atoms with Crippen LogP contribution in [0.3, 0.4) is 0 Å². The van der Waals surface area contributed by atoms with E-state index in [0.29, 0.717) is 6.04 Å². The molecule has 1 heterocycles. The van der Waals surface area contributed by atoms with E-state index in [9.17, 15) is 0 Å². The standard InChI is InChI=1S/C16H22BrN3/c1-4-18-15(11-13-8-6-7-9-14(13)17)16-10-12(3)19-20(16)5-2/h6-10,15,18H,4-5,11H2,1-3H3. The number of aryl methyl sites for hydroxylation is 2. The summed E-state index contributed by atoms with van der Waals surface area (Å²) < 4.78 is 3.27. The van der Waals surface area contributed by atoms with Crippen LogP contribution in [0.1, 0.15) is 36.8 Å². The molecule has 0 saturated carbocycles. The Bertz CT molecular complexity index is 563. The van der Waals surface area contributed by atoms with Gasteiger partial charge in [0.25, 0.3) is 0 Å². The van der Waals surface area contributed by atoms with E-state index in [1.807, 2.05) is 0 Å². The summed E-state index contributed by atoms with van der Waals surface area (Å²) >= 11 is 3.64. The van der Waals surface area contributed by atoms with Crippen molar-refractivity contribution in [2.75, 3.05) is 6.54 Å². The number of likely N-dealkylation sites (N-methyl/N-ethyl adjacent to an activating group) is 1. The van der Waals surface area contributed by atoms with Gasteiger partial charge in [-0.2, -0.15) is 5.10 Å². The molecule has 20 heavy (non-hydrogen) atoms. The lowest BCUT2D eigenvalue weighted by Gasteiger charge is -2.19. The highest BCUT2D eigenvalue weighted by Gasteiger charge is 2.17. The van der Waals surface area contributed by atoms with Crippen molar-refractivity contribution < 1.29 is 0 Å². The summed E-state index contributed by atoms with van der Waals surface area (Å²) in [4.78, 5) is 0. The molecule has 2 aromatic rings. The largest absolute Gasteiger partial charge is 0.309 e. The Kier molecular flexibility index (Phi) is 5.38. The summed E-state index contributed by atoms with van der Waals surface area (Å²) in [5.41, 5.74) is 3.67. The third kappa shape index (κ3) is 3.49. The zero-order valence-electron chi connectivity index (χ0n) is 12.4. The molecule has 1 aromatic heterocycles. The molecular weight excluding hydrogens is 314 g/mol. The quantitative estimate of drug-likeness (QED) is 0.868. The Labute approximate surface area is 129 Å². The predicted molar refractivity (Wildman–Crippen MR) is 86.9 cm³/mol. The van der Waals surface area contributed by atoms with Crippen LogP contribution in [-0.4, -0.2) is 16.3 Å². The average molecular weight is 336 g/mol. The van der Waals surface area contributed by atoms with Crippen molar-refractivity contribution in [2.45, 2.75) is 39.8 Å². The number of aromatic nitrogens is 2. The number of nitrogens with zero attached hydrogens (tertiary/aromatic N) is 2. The van der Waals surface area contributed by atoms with Crippen molar-refractivity contribution in [3.63, 3.8) is 0 Å². The van der Waals surface area contributed by atoms with Gasteiger partial charge in [0.2, 0.25) is 0 Å². The summed E-state index contributed by atoms with van der Waals surface area (Å²) in [6.45, 7) is 8.19. The monoisotopic (exact) mass is 335 g/mol. The molecular formula is C16H22BrN3. The first kappa shape index (κ1) is 15.3. The van der Waals surface area contributed by atoms with Crippen LogP contribution in [0.15, 0.2) is 34.8 Å². The van der Waals surface area contributed by atoms with Gasteiger partial charge in [-0.05, 0) is 44.5 Å². The Balaban J connectivity index is 2.29. The highest BCUT2D eigenvalue weighted by atomic mass is 79.9. The molecule has 108 valence electrons. The van der Waals surface area contributed by atoms with Gasteiger partial charge < -0.3 is 5.32 Å². The van der Waals surface area contributed by atoms with E-state index in [4.69, 9.17) is 0 Å². The van der Waals surface area contributed by atoms with Crippen molar-refractivity contribution in [1.29, 1.82) is 0 Å². The van der Waals surface area contributed by atoms with Crippen LogP contribution < -0.4 is 5.32 Å². The second-order valence-corrected chi connectivity index (χ2v) is 5.79. The molecule has 0 amide bonds. The van der Waals surface area contributed by atoms with Gasteiger partial charge in [0.1, 0.15) is 0 Å². The van der Waals surface area contributed by atoms with Crippen molar-refractivity contribution in [1.82, 2.24) is 15.1 Å². The van der Waals surface area contributed by atoms with E-state index in [1.54, 1.807) is 0 Å². The summed E-state index contributed by atoms with van der Waals surface area (Å²) in [6.07, 6.45) is 0.959. The smallest absolute Gasteiger partial charge is 0.0597 e. The van der Waals surface area contributed by atoms with Gasteiger partial charge in [0.05, 0.1) is 17.4 Å². The topological polar surface area (TPSA) is 29.9 Å². The lowest BCUT2D eigenvalue weighted by molar-refractivity contribution is 0.489. The maximum absolute atomic E-state index is 4.56. The molecule has 3 nitrogen and oxygen atoms in total. The van der Waals surface area contributed by atoms with E-state index >= 15 is 0 Å². The fraction of sp³-hybridized carbons (Fsp3) is 0.438. The molecule has 0 aliphatic rings. The minimum absolute atomic E-state index is 0.292. The molecule has 1 aromatic carbocycles. The zero-order chi connectivity index (χ0) is 14.5. The van der Waals surface area contributed by atoms with Gasteiger partial charge >= 0.3 is 0 Å². The summed E-state index contributed by atoms with van der Waals surface area (Å²) in [5.74, 6) is 0. The van der Waals surface area contributed by atoms with E-state index in [-0.39, 0.29) is 0 Å². The van der Waals surface area contributed by atoms with Crippen LogP contribution >= 0.6 is 15.9 Å². The fourth-order valence-corrected chi connectivity index (χ4v) is 2.96. The van der Waals surface area contributed by atoms with Crippen LogP contribution in [0.5, 0.6) is 0 Å². The number of hydrogen-bond acceptors (Lipinski definition) is 2. The van der Waals surface area contributed by atoms with Crippen molar-refractivity contribution in [3.05, 3.63) is 51.8 Å². The zero-order valence-corrected chi connectivity index (χ0v) is 13.9. The number of hydrogen-bond donors (Lipinski definition) is 1. The number of nitrogens with one attached hydrogen (secondary N) is 1. The predicted octanol–water partition coefficient (Wildman–Crippen LogP) is 3.87. The van der Waals surface area contributed by atoms with Gasteiger partial charge in [-0.25, -0.2) is 0 Å². The van der Waals surface area contributed by atoms with E-state index < -0.39 is 0 Å². The lowest BCUT2D eigenvalue weighted by atomic mass is 10.0. The molecule has 0 spiro atoms. The fourth-order valence-electron chi connectivity index (χ4n) is 2.51. The normalized spacial score (nSPS) is 12.6. The molecule has 0 aliphatic carbocycles. The van der Waals surface area contributed by atoms with E-state index in [2.05, 4.69) is 82.1 Å². The van der Waals surface area contributed by atoms with Crippen molar-refractivity contribution in [3.8, 4) is 0 Å². The minimum atomic E-state index is 0.292. The van der Waals surface area contributed by atoms with Gasteiger partial charge in [0, 0.05) is 11.0 Å². The Morgan fingerprint density at radius 2 is 2.05 bits per heavy atom. The third-order valence-electron chi connectivity index (χ3n) is 3.42. The molecule has 0 radical (unpaired) electrons. The molecule has 1 unspecified atom stereocenters. The molecule has 0 bridgehead atoms. The summed E-state index contributed by atoms with van der Waals surface area (Å²) in [7, 11) is 0.